The van der Waals surface area contributed by atoms with Crippen LogP contribution in [-0.2, 0) is 0 Å². The van der Waals surface area contributed by atoms with Gasteiger partial charge in [-0.1, -0.05) is 6.07 Å². The van der Waals surface area contributed by atoms with E-state index in [1.165, 1.54) is 18.2 Å². The van der Waals surface area contributed by atoms with Crippen LogP contribution in [0.1, 0.15) is 10.4 Å². The molecule has 0 aromatic heterocycles. The highest BCUT2D eigenvalue weighted by Gasteiger charge is 2.18. The van der Waals surface area contributed by atoms with Gasteiger partial charge in [-0.2, -0.15) is 0 Å². The van der Waals surface area contributed by atoms with Crippen LogP contribution in [0.25, 0.3) is 0 Å². The molecule has 0 radical (unpaired) electrons. The molecule has 104 valence electrons. The maximum Gasteiger partial charge on any atom is 0.258 e. The molecule has 0 heterocycles. The van der Waals surface area contributed by atoms with Crippen LogP contribution < -0.4 is 11.1 Å². The molecule has 0 aliphatic heterocycles. The van der Waals surface area contributed by atoms with E-state index >= 15 is 0 Å². The third-order valence-electron chi connectivity index (χ3n) is 2.56. The Morgan fingerprint density at radius 1 is 1.10 bits per heavy atom. The number of nitrogens with one attached hydrogen (secondary N) is 1. The van der Waals surface area contributed by atoms with Gasteiger partial charge in [0.25, 0.3) is 5.91 Å². The Kier molecular flexibility index (Phi) is 3.99. The van der Waals surface area contributed by atoms with Crippen molar-refractivity contribution in [2.24, 2.45) is 0 Å². The molecule has 0 atom stereocenters. The predicted octanol–water partition coefficient (Wildman–Crippen LogP) is 3.70. The van der Waals surface area contributed by atoms with Crippen LogP contribution in [0.15, 0.2) is 34.8 Å². The number of nitrogens with two attached hydrogens (primary N) is 1. The Labute approximate surface area is 120 Å². The van der Waals surface area contributed by atoms with Crippen LogP contribution in [0.4, 0.5) is 24.5 Å². The van der Waals surface area contributed by atoms with Gasteiger partial charge in [-0.25, -0.2) is 13.2 Å². The summed E-state index contributed by atoms with van der Waals surface area (Å²) in [6.45, 7) is 0. The fourth-order valence-corrected chi connectivity index (χ4v) is 1.92. The quantitative estimate of drug-likeness (QED) is 0.816. The molecule has 0 fully saturated rings. The van der Waals surface area contributed by atoms with E-state index in [1.54, 1.807) is 0 Å². The minimum absolute atomic E-state index is 0.0813. The van der Waals surface area contributed by atoms with Crippen LogP contribution in [-0.4, -0.2) is 5.91 Å². The molecule has 7 heteroatoms. The van der Waals surface area contributed by atoms with E-state index in [0.717, 1.165) is 12.1 Å². The zero-order valence-electron chi connectivity index (χ0n) is 9.88. The van der Waals surface area contributed by atoms with Crippen molar-refractivity contribution in [2.45, 2.75) is 0 Å². The minimum atomic E-state index is -1.30. The van der Waals surface area contributed by atoms with E-state index < -0.39 is 29.0 Å². The van der Waals surface area contributed by atoms with Crippen molar-refractivity contribution in [1.29, 1.82) is 0 Å². The lowest BCUT2D eigenvalue weighted by atomic mass is 10.2. The predicted molar refractivity (Wildman–Crippen MR) is 72.8 cm³/mol. The van der Waals surface area contributed by atoms with E-state index in [9.17, 15) is 18.0 Å². The molecule has 0 saturated heterocycles. The van der Waals surface area contributed by atoms with Gasteiger partial charge < -0.3 is 11.1 Å². The number of hydrogen-bond donors (Lipinski definition) is 2. The molecule has 0 saturated carbocycles. The maximum atomic E-state index is 13.7. The zero-order valence-corrected chi connectivity index (χ0v) is 11.5. The largest absolute Gasteiger partial charge is 0.397 e. The highest BCUT2D eigenvalue weighted by molar-refractivity contribution is 9.10. The normalized spacial score (nSPS) is 10.4. The van der Waals surface area contributed by atoms with Gasteiger partial charge in [0.1, 0.15) is 11.5 Å². The summed E-state index contributed by atoms with van der Waals surface area (Å²) >= 11 is 2.93. The molecule has 0 aliphatic carbocycles. The van der Waals surface area contributed by atoms with Crippen molar-refractivity contribution in [3.05, 3.63) is 57.8 Å². The smallest absolute Gasteiger partial charge is 0.258 e. The highest BCUT2D eigenvalue weighted by Crippen LogP contribution is 2.26. The van der Waals surface area contributed by atoms with Crippen molar-refractivity contribution >= 4 is 33.2 Å². The lowest BCUT2D eigenvalue weighted by Gasteiger charge is -2.10. The molecular weight excluding hydrogens is 337 g/mol. The number of carbonyl (C=O) groups excluding carboxylic acids is 1. The first kappa shape index (κ1) is 14.4. The lowest BCUT2D eigenvalue weighted by Crippen LogP contribution is -2.16. The molecular formula is C13H8BrF3N2O. The fourth-order valence-electron chi connectivity index (χ4n) is 1.55. The summed E-state index contributed by atoms with van der Waals surface area (Å²) in [5.41, 5.74) is 4.46. The Morgan fingerprint density at radius 3 is 2.50 bits per heavy atom. The van der Waals surface area contributed by atoms with Gasteiger partial charge in [0.05, 0.1) is 15.7 Å². The standard InChI is InChI=1S/C13H8BrF3N2O/c14-7-3-1-2-6(10(7)16)13(20)19-12-9(18)5-4-8(15)11(12)17/h1-5H,18H2,(H,19,20). The number of benzene rings is 2. The highest BCUT2D eigenvalue weighted by atomic mass is 79.9. The Morgan fingerprint density at radius 2 is 1.80 bits per heavy atom. The molecule has 1 amide bonds. The molecule has 2 rings (SSSR count). The van der Waals surface area contributed by atoms with Crippen LogP contribution in [0.3, 0.4) is 0 Å². The monoisotopic (exact) mass is 344 g/mol. The molecule has 3 nitrogen and oxygen atoms in total. The summed E-state index contributed by atoms with van der Waals surface area (Å²) in [6.07, 6.45) is 0. The van der Waals surface area contributed by atoms with Crippen LogP contribution in [0.2, 0.25) is 0 Å². The maximum absolute atomic E-state index is 13.7. The van der Waals surface area contributed by atoms with Gasteiger partial charge >= 0.3 is 0 Å². The van der Waals surface area contributed by atoms with Crippen molar-refractivity contribution in [3.8, 4) is 0 Å². The van der Waals surface area contributed by atoms with E-state index in [4.69, 9.17) is 5.73 Å². The van der Waals surface area contributed by atoms with E-state index in [-0.39, 0.29) is 15.7 Å². The number of anilines is 2. The first-order valence-electron chi connectivity index (χ1n) is 5.40. The van der Waals surface area contributed by atoms with Gasteiger partial charge in [-0.05, 0) is 40.2 Å². The number of amides is 1. The second-order valence-corrected chi connectivity index (χ2v) is 4.74. The second-order valence-electron chi connectivity index (χ2n) is 3.88. The van der Waals surface area contributed by atoms with Gasteiger partial charge in [0.15, 0.2) is 11.6 Å². The summed E-state index contributed by atoms with van der Waals surface area (Å²) in [7, 11) is 0. The topological polar surface area (TPSA) is 55.1 Å². The number of hydrogen-bond acceptors (Lipinski definition) is 2. The fraction of sp³-hybridized carbons (Fsp3) is 0. The zero-order chi connectivity index (χ0) is 14.9. The summed E-state index contributed by atoms with van der Waals surface area (Å²) in [6, 6.07) is 5.99. The SMILES string of the molecule is Nc1ccc(F)c(F)c1NC(=O)c1cccc(Br)c1F. The molecule has 2 aromatic carbocycles. The number of halogens is 4. The summed E-state index contributed by atoms with van der Waals surface area (Å²) in [5, 5.41) is 2.06. The average Bonchev–Trinajstić information content (AvgIpc) is 2.42. The molecule has 0 aliphatic rings. The Hall–Kier alpha value is -2.02. The Balaban J connectivity index is 2.38. The van der Waals surface area contributed by atoms with Crippen molar-refractivity contribution < 1.29 is 18.0 Å². The van der Waals surface area contributed by atoms with E-state index in [1.807, 2.05) is 0 Å². The van der Waals surface area contributed by atoms with E-state index in [2.05, 4.69) is 21.2 Å². The number of rotatable bonds is 2. The molecule has 0 spiro atoms. The number of carbonyl (C=O) groups is 1. The minimum Gasteiger partial charge on any atom is -0.397 e. The molecule has 0 unspecified atom stereocenters. The first-order valence-corrected chi connectivity index (χ1v) is 6.20. The van der Waals surface area contributed by atoms with Gasteiger partial charge in [0.2, 0.25) is 0 Å². The second kappa shape index (κ2) is 5.54. The summed E-state index contributed by atoms with van der Waals surface area (Å²) in [5.74, 6) is -4.20. The van der Waals surface area contributed by atoms with Crippen LogP contribution in [0, 0.1) is 17.5 Å². The third-order valence-corrected chi connectivity index (χ3v) is 3.17. The molecule has 0 bridgehead atoms. The van der Waals surface area contributed by atoms with Gasteiger partial charge in [-0.15, -0.1) is 0 Å². The molecule has 20 heavy (non-hydrogen) atoms. The molecule has 2 aromatic rings. The summed E-state index contributed by atoms with van der Waals surface area (Å²) in [4.78, 5) is 11.9. The van der Waals surface area contributed by atoms with Crippen LogP contribution >= 0.6 is 15.9 Å². The Bertz CT molecular complexity index is 692. The van der Waals surface area contributed by atoms with Gasteiger partial charge in [-0.3, -0.25) is 4.79 Å². The van der Waals surface area contributed by atoms with Crippen molar-refractivity contribution in [1.82, 2.24) is 0 Å². The number of nitrogen functional groups attached to an aromatic ring is 1. The molecule has 3 N–H and O–H groups in total. The lowest BCUT2D eigenvalue weighted by molar-refractivity contribution is 0.102. The van der Waals surface area contributed by atoms with E-state index in [0.29, 0.717) is 0 Å². The van der Waals surface area contributed by atoms with Crippen molar-refractivity contribution in [3.63, 3.8) is 0 Å². The summed E-state index contributed by atoms with van der Waals surface area (Å²) < 4.78 is 40.4. The third kappa shape index (κ3) is 2.62. The first-order chi connectivity index (χ1) is 9.41. The van der Waals surface area contributed by atoms with Crippen LogP contribution in [0.5, 0.6) is 0 Å². The van der Waals surface area contributed by atoms with Gasteiger partial charge in [0, 0.05) is 0 Å². The average molecular weight is 345 g/mol. The van der Waals surface area contributed by atoms with Crippen molar-refractivity contribution in [2.75, 3.05) is 11.1 Å².